The second kappa shape index (κ2) is 5.83. The van der Waals surface area contributed by atoms with Crippen molar-refractivity contribution in [2.75, 3.05) is 6.61 Å². The van der Waals surface area contributed by atoms with E-state index < -0.39 is 17.7 Å². The van der Waals surface area contributed by atoms with Gasteiger partial charge in [0, 0.05) is 6.54 Å². The van der Waals surface area contributed by atoms with Crippen LogP contribution in [0.15, 0.2) is 12.5 Å². The Hall–Kier alpha value is -1.56. The summed E-state index contributed by atoms with van der Waals surface area (Å²) >= 11 is 0. The Bertz CT molecular complexity index is 460. The van der Waals surface area contributed by atoms with Crippen LogP contribution in [0, 0.1) is 5.92 Å². The van der Waals surface area contributed by atoms with Gasteiger partial charge >= 0.3 is 6.09 Å². The van der Waals surface area contributed by atoms with Crippen LogP contribution in [-0.2, 0) is 11.3 Å². The molecule has 0 bridgehead atoms. The molecule has 1 aromatic heterocycles. The third-order valence-corrected chi connectivity index (χ3v) is 3.13. The van der Waals surface area contributed by atoms with Crippen molar-refractivity contribution in [3.05, 3.63) is 18.2 Å². The third kappa shape index (κ3) is 4.23. The van der Waals surface area contributed by atoms with Crippen molar-refractivity contribution in [2.24, 2.45) is 5.92 Å². The Labute approximate surface area is 119 Å². The maximum atomic E-state index is 11.8. The summed E-state index contributed by atoms with van der Waals surface area (Å²) in [6.45, 7) is 6.12. The maximum absolute atomic E-state index is 11.8. The zero-order chi connectivity index (χ0) is 14.8. The molecule has 1 atom stereocenters. The topological polar surface area (TPSA) is 76.4 Å². The second-order valence-electron chi connectivity index (χ2n) is 6.30. The summed E-state index contributed by atoms with van der Waals surface area (Å²) in [7, 11) is 0. The van der Waals surface area contributed by atoms with Crippen molar-refractivity contribution >= 4 is 6.09 Å². The first kappa shape index (κ1) is 14.8. The highest BCUT2D eigenvalue weighted by Gasteiger charge is 2.26. The predicted octanol–water partition coefficient (Wildman–Crippen LogP) is 1.85. The fraction of sp³-hybridized carbons (Fsp3) is 0.714. The number of aromatic nitrogens is 2. The van der Waals surface area contributed by atoms with E-state index in [4.69, 9.17) is 4.74 Å². The van der Waals surface area contributed by atoms with Crippen LogP contribution >= 0.6 is 0 Å². The van der Waals surface area contributed by atoms with Gasteiger partial charge < -0.3 is 19.7 Å². The van der Waals surface area contributed by atoms with Crippen LogP contribution in [-0.4, -0.2) is 33.0 Å². The number of ether oxygens (including phenoxy) is 1. The number of carbonyl (C=O) groups excluding carboxylic acids is 1. The van der Waals surface area contributed by atoms with E-state index in [1.165, 1.54) is 12.8 Å². The van der Waals surface area contributed by atoms with Gasteiger partial charge in [0.1, 0.15) is 5.60 Å². The molecule has 1 aromatic rings. The molecule has 1 aliphatic rings. The first-order valence-corrected chi connectivity index (χ1v) is 6.99. The Balaban J connectivity index is 2.00. The molecule has 1 saturated carbocycles. The first-order valence-electron chi connectivity index (χ1n) is 6.99. The number of aliphatic hydroxyl groups excluding tert-OH is 1. The predicted molar refractivity (Wildman–Crippen MR) is 74.1 cm³/mol. The van der Waals surface area contributed by atoms with Crippen LogP contribution < -0.4 is 5.32 Å². The SMILES string of the molecule is CC(C)(C)OC(=O)NC(CO)c1cncn1CC1CC1. The van der Waals surface area contributed by atoms with Gasteiger partial charge in [-0.15, -0.1) is 0 Å². The average Bonchev–Trinajstić information content (AvgIpc) is 3.01. The van der Waals surface area contributed by atoms with Gasteiger partial charge in [-0.05, 0) is 39.5 Å². The fourth-order valence-electron chi connectivity index (χ4n) is 2.02. The Morgan fingerprint density at radius 1 is 1.60 bits per heavy atom. The van der Waals surface area contributed by atoms with E-state index in [9.17, 15) is 9.90 Å². The van der Waals surface area contributed by atoms with Crippen molar-refractivity contribution in [3.8, 4) is 0 Å². The minimum Gasteiger partial charge on any atom is -0.444 e. The van der Waals surface area contributed by atoms with Gasteiger partial charge in [-0.3, -0.25) is 0 Å². The summed E-state index contributed by atoms with van der Waals surface area (Å²) < 4.78 is 7.21. The number of carbonyl (C=O) groups is 1. The quantitative estimate of drug-likeness (QED) is 0.863. The molecule has 0 radical (unpaired) electrons. The molecule has 0 aromatic carbocycles. The van der Waals surface area contributed by atoms with Crippen LogP contribution in [0.1, 0.15) is 45.3 Å². The van der Waals surface area contributed by atoms with E-state index in [0.29, 0.717) is 5.92 Å². The molecular formula is C14H23N3O3. The van der Waals surface area contributed by atoms with Crippen LogP contribution in [0.4, 0.5) is 4.79 Å². The minimum atomic E-state index is -0.557. The molecule has 6 heteroatoms. The maximum Gasteiger partial charge on any atom is 0.408 e. The zero-order valence-electron chi connectivity index (χ0n) is 12.3. The lowest BCUT2D eigenvalue weighted by atomic mass is 10.2. The van der Waals surface area contributed by atoms with Gasteiger partial charge in [0.25, 0.3) is 0 Å². The highest BCUT2D eigenvalue weighted by molar-refractivity contribution is 5.68. The molecule has 1 amide bonds. The van der Waals surface area contributed by atoms with Crippen LogP contribution in [0.25, 0.3) is 0 Å². The van der Waals surface area contributed by atoms with Crippen molar-refractivity contribution in [2.45, 2.75) is 51.8 Å². The Kier molecular flexibility index (Phi) is 4.32. The van der Waals surface area contributed by atoms with Gasteiger partial charge in [-0.1, -0.05) is 0 Å². The van der Waals surface area contributed by atoms with Gasteiger partial charge in [0.15, 0.2) is 0 Å². The van der Waals surface area contributed by atoms with Crippen molar-refractivity contribution < 1.29 is 14.6 Å². The molecule has 112 valence electrons. The molecule has 0 aliphatic heterocycles. The average molecular weight is 281 g/mol. The second-order valence-corrected chi connectivity index (χ2v) is 6.30. The van der Waals surface area contributed by atoms with Crippen LogP contribution in [0.3, 0.4) is 0 Å². The molecule has 20 heavy (non-hydrogen) atoms. The number of imidazole rings is 1. The molecular weight excluding hydrogens is 258 g/mol. The van der Waals surface area contributed by atoms with E-state index in [1.807, 2.05) is 4.57 Å². The van der Waals surface area contributed by atoms with Gasteiger partial charge in [0.2, 0.25) is 0 Å². The highest BCUT2D eigenvalue weighted by atomic mass is 16.6. The summed E-state index contributed by atoms with van der Waals surface area (Å²) in [5.74, 6) is 0.698. The lowest BCUT2D eigenvalue weighted by Crippen LogP contribution is -2.37. The lowest BCUT2D eigenvalue weighted by molar-refractivity contribution is 0.0479. The van der Waals surface area contributed by atoms with Gasteiger partial charge in [-0.2, -0.15) is 0 Å². The van der Waals surface area contributed by atoms with Gasteiger partial charge in [-0.25, -0.2) is 9.78 Å². The number of amides is 1. The van der Waals surface area contributed by atoms with E-state index in [0.717, 1.165) is 12.2 Å². The lowest BCUT2D eigenvalue weighted by Gasteiger charge is -2.23. The number of nitrogens with zero attached hydrogens (tertiary/aromatic N) is 2. The normalized spacial score (nSPS) is 16.8. The monoisotopic (exact) mass is 281 g/mol. The highest BCUT2D eigenvalue weighted by Crippen LogP contribution is 2.31. The summed E-state index contributed by atoms with van der Waals surface area (Å²) in [5, 5.41) is 12.2. The zero-order valence-corrected chi connectivity index (χ0v) is 12.3. The molecule has 6 nitrogen and oxygen atoms in total. The fourth-order valence-corrected chi connectivity index (χ4v) is 2.02. The summed E-state index contributed by atoms with van der Waals surface area (Å²) in [6, 6.07) is -0.494. The van der Waals surface area contributed by atoms with Crippen molar-refractivity contribution in [1.29, 1.82) is 0 Å². The molecule has 1 heterocycles. The standard InChI is InChI=1S/C14H23N3O3/c1-14(2,3)20-13(19)16-11(8-18)12-6-15-9-17(12)7-10-4-5-10/h6,9-11,18H,4-5,7-8H2,1-3H3,(H,16,19). The number of aliphatic hydroxyl groups is 1. The van der Waals surface area contributed by atoms with Crippen LogP contribution in [0.5, 0.6) is 0 Å². The van der Waals surface area contributed by atoms with E-state index >= 15 is 0 Å². The van der Waals surface area contributed by atoms with Crippen molar-refractivity contribution in [3.63, 3.8) is 0 Å². The summed E-state index contributed by atoms with van der Waals surface area (Å²) in [4.78, 5) is 15.9. The van der Waals surface area contributed by atoms with E-state index in [1.54, 1.807) is 33.3 Å². The third-order valence-electron chi connectivity index (χ3n) is 3.13. The molecule has 0 saturated heterocycles. The largest absolute Gasteiger partial charge is 0.444 e. The van der Waals surface area contributed by atoms with Crippen LogP contribution in [0.2, 0.25) is 0 Å². The molecule has 2 rings (SSSR count). The molecule has 1 unspecified atom stereocenters. The molecule has 1 fully saturated rings. The minimum absolute atomic E-state index is 0.185. The first-order chi connectivity index (χ1) is 9.39. The Morgan fingerprint density at radius 3 is 2.85 bits per heavy atom. The van der Waals surface area contributed by atoms with Crippen molar-refractivity contribution in [1.82, 2.24) is 14.9 Å². The number of nitrogens with one attached hydrogen (secondary N) is 1. The summed E-state index contributed by atoms with van der Waals surface area (Å²) in [6.07, 6.45) is 5.37. The van der Waals surface area contributed by atoms with E-state index in [-0.39, 0.29) is 6.61 Å². The van der Waals surface area contributed by atoms with E-state index in [2.05, 4.69) is 10.3 Å². The summed E-state index contributed by atoms with van der Waals surface area (Å²) in [5.41, 5.74) is 0.253. The number of rotatable bonds is 5. The molecule has 2 N–H and O–H groups in total. The number of hydrogen-bond donors (Lipinski definition) is 2. The molecule has 0 spiro atoms. The molecule has 1 aliphatic carbocycles. The number of hydrogen-bond acceptors (Lipinski definition) is 4. The Morgan fingerprint density at radius 2 is 2.30 bits per heavy atom. The number of alkyl carbamates (subject to hydrolysis) is 1. The smallest absolute Gasteiger partial charge is 0.408 e. The van der Waals surface area contributed by atoms with Gasteiger partial charge in [0.05, 0.1) is 30.9 Å².